The monoisotopic (exact) mass is 491 g/mol. The smallest absolute Gasteiger partial charge is 0.279 e. The van der Waals surface area contributed by atoms with E-state index < -0.39 is 0 Å². The molecule has 0 radical (unpaired) electrons. The van der Waals surface area contributed by atoms with Crippen LogP contribution in [0.2, 0.25) is 10.0 Å². The molecule has 1 aliphatic heterocycles. The Labute approximate surface area is 209 Å². The summed E-state index contributed by atoms with van der Waals surface area (Å²) in [6.45, 7) is 0. The van der Waals surface area contributed by atoms with Crippen LogP contribution >= 0.6 is 23.2 Å². The first kappa shape index (κ1) is 22.9. The summed E-state index contributed by atoms with van der Waals surface area (Å²) in [7, 11) is 0. The Morgan fingerprint density at radius 1 is 1.00 bits per heavy atom. The molecule has 174 valence electrons. The van der Waals surface area contributed by atoms with E-state index in [4.69, 9.17) is 28.3 Å². The lowest BCUT2D eigenvalue weighted by atomic mass is 9.86. The van der Waals surface area contributed by atoms with Crippen LogP contribution in [0.15, 0.2) is 77.4 Å². The molecular formula is C28H27Cl2N3O. The molecule has 0 bridgehead atoms. The van der Waals surface area contributed by atoms with Crippen LogP contribution in [0.5, 0.6) is 0 Å². The van der Waals surface area contributed by atoms with Crippen LogP contribution in [0.25, 0.3) is 16.5 Å². The summed E-state index contributed by atoms with van der Waals surface area (Å²) in [5.41, 5.74) is 3.57. The number of nitrogens with one attached hydrogen (secondary N) is 1. The van der Waals surface area contributed by atoms with Crippen LogP contribution in [0.3, 0.4) is 0 Å². The molecule has 2 heterocycles. The SMILES string of the molecule is O=c1c2ccccc2c(Cc2ccc(Cl)c(Cl)c2)nn1C1=CC=CNC(CC2CCCCC2)=C1. The third-order valence-electron chi connectivity index (χ3n) is 6.67. The van der Waals surface area contributed by atoms with Gasteiger partial charge in [-0.1, -0.05) is 79.6 Å². The van der Waals surface area contributed by atoms with Crippen molar-refractivity contribution in [3.05, 3.63) is 104 Å². The number of hydrogen-bond donors (Lipinski definition) is 1. The number of aromatic nitrogens is 2. The lowest BCUT2D eigenvalue weighted by Gasteiger charge is -2.22. The minimum Gasteiger partial charge on any atom is -0.365 e. The highest BCUT2D eigenvalue weighted by Crippen LogP contribution is 2.29. The fourth-order valence-corrected chi connectivity index (χ4v) is 5.25. The second-order valence-electron chi connectivity index (χ2n) is 9.11. The molecule has 0 spiro atoms. The van der Waals surface area contributed by atoms with Crippen molar-refractivity contribution in [1.29, 1.82) is 0 Å². The van der Waals surface area contributed by atoms with E-state index in [-0.39, 0.29) is 5.56 Å². The second-order valence-corrected chi connectivity index (χ2v) is 9.92. The first-order chi connectivity index (χ1) is 16.6. The number of nitrogens with zero attached hydrogens (tertiary/aromatic N) is 2. The van der Waals surface area contributed by atoms with Gasteiger partial charge in [-0.15, -0.1) is 0 Å². The molecule has 2 aromatic carbocycles. The van der Waals surface area contributed by atoms with Crippen molar-refractivity contribution in [2.24, 2.45) is 5.92 Å². The van der Waals surface area contributed by atoms with Crippen molar-refractivity contribution < 1.29 is 0 Å². The number of rotatable bonds is 5. The molecule has 1 N–H and O–H groups in total. The summed E-state index contributed by atoms with van der Waals surface area (Å²) in [4.78, 5) is 13.5. The summed E-state index contributed by atoms with van der Waals surface area (Å²) >= 11 is 12.4. The molecule has 1 aliphatic carbocycles. The van der Waals surface area contributed by atoms with E-state index in [9.17, 15) is 4.79 Å². The lowest BCUT2D eigenvalue weighted by Crippen LogP contribution is -2.24. The first-order valence-corrected chi connectivity index (χ1v) is 12.6. The number of halogens is 2. The predicted octanol–water partition coefficient (Wildman–Crippen LogP) is 7.11. The quantitative estimate of drug-likeness (QED) is 0.413. The molecule has 1 saturated carbocycles. The van der Waals surface area contributed by atoms with Gasteiger partial charge in [0.25, 0.3) is 5.56 Å². The summed E-state index contributed by atoms with van der Waals surface area (Å²) in [6, 6.07) is 13.2. The highest BCUT2D eigenvalue weighted by Gasteiger charge is 2.18. The number of hydrogen-bond acceptors (Lipinski definition) is 3. The van der Waals surface area contributed by atoms with Crippen LogP contribution in [0, 0.1) is 5.92 Å². The van der Waals surface area contributed by atoms with Gasteiger partial charge in [0.05, 0.1) is 26.8 Å². The summed E-state index contributed by atoms with van der Waals surface area (Å²) in [5.74, 6) is 0.687. The van der Waals surface area contributed by atoms with Gasteiger partial charge in [0.1, 0.15) is 0 Å². The van der Waals surface area contributed by atoms with Crippen molar-refractivity contribution in [3.8, 4) is 0 Å². The largest absolute Gasteiger partial charge is 0.365 e. The van der Waals surface area contributed by atoms with Gasteiger partial charge in [0, 0.05) is 23.7 Å². The maximum Gasteiger partial charge on any atom is 0.279 e. The molecule has 1 fully saturated rings. The first-order valence-electron chi connectivity index (χ1n) is 11.9. The lowest BCUT2D eigenvalue weighted by molar-refractivity contribution is 0.353. The van der Waals surface area contributed by atoms with Crippen molar-refractivity contribution in [2.45, 2.75) is 44.9 Å². The third-order valence-corrected chi connectivity index (χ3v) is 7.41. The van der Waals surface area contributed by atoms with E-state index in [1.807, 2.05) is 54.8 Å². The minimum atomic E-state index is -0.122. The predicted molar refractivity (Wildman–Crippen MR) is 141 cm³/mol. The van der Waals surface area contributed by atoms with Gasteiger partial charge in [-0.25, -0.2) is 0 Å². The van der Waals surface area contributed by atoms with Gasteiger partial charge in [0.15, 0.2) is 0 Å². The number of fused-ring (bicyclic) bond motifs is 1. The zero-order valence-electron chi connectivity index (χ0n) is 18.9. The van der Waals surface area contributed by atoms with Gasteiger partial charge in [-0.3, -0.25) is 4.79 Å². The molecule has 0 unspecified atom stereocenters. The maximum atomic E-state index is 13.5. The van der Waals surface area contributed by atoms with Crippen LogP contribution in [-0.4, -0.2) is 9.78 Å². The van der Waals surface area contributed by atoms with Gasteiger partial charge in [0.2, 0.25) is 0 Å². The molecule has 0 atom stereocenters. The molecule has 1 aromatic heterocycles. The standard InChI is InChI=1S/C28H27Cl2N3O/c29-25-13-12-20(16-26(25)30)17-27-23-10-4-5-11-24(23)28(34)33(32-27)22-9-6-14-31-21(18-22)15-19-7-2-1-3-8-19/h4-6,9-14,16,18-19,31H,1-3,7-8,15,17H2. The van der Waals surface area contributed by atoms with Gasteiger partial charge in [-0.2, -0.15) is 9.78 Å². The van der Waals surface area contributed by atoms with E-state index in [2.05, 4.69) is 11.4 Å². The molecule has 0 amide bonds. The normalized spacial score (nSPS) is 16.6. The van der Waals surface area contributed by atoms with E-state index in [0.717, 1.165) is 34.5 Å². The Hall–Kier alpha value is -2.82. The summed E-state index contributed by atoms with van der Waals surface area (Å²) < 4.78 is 1.54. The van der Waals surface area contributed by atoms with Crippen molar-refractivity contribution >= 4 is 39.7 Å². The molecule has 34 heavy (non-hydrogen) atoms. The molecule has 0 saturated heterocycles. The van der Waals surface area contributed by atoms with Gasteiger partial charge >= 0.3 is 0 Å². The highest BCUT2D eigenvalue weighted by atomic mass is 35.5. The molecule has 6 heteroatoms. The van der Waals surface area contributed by atoms with Crippen molar-refractivity contribution in [1.82, 2.24) is 15.1 Å². The second kappa shape index (κ2) is 10.2. The zero-order valence-corrected chi connectivity index (χ0v) is 20.4. The van der Waals surface area contributed by atoms with Gasteiger partial charge < -0.3 is 5.32 Å². The average Bonchev–Trinajstić information content (AvgIpc) is 3.09. The molecule has 5 rings (SSSR count). The molecule has 3 aromatic rings. The fraction of sp³-hybridized carbons (Fsp3) is 0.286. The Kier molecular flexibility index (Phi) is 6.89. The third kappa shape index (κ3) is 4.98. The van der Waals surface area contributed by atoms with E-state index >= 15 is 0 Å². The van der Waals surface area contributed by atoms with Crippen LogP contribution in [0.4, 0.5) is 0 Å². The number of allylic oxidation sites excluding steroid dienone is 5. The summed E-state index contributed by atoms with van der Waals surface area (Å²) in [5, 5.41) is 10.8. The Morgan fingerprint density at radius 2 is 1.79 bits per heavy atom. The molecular weight excluding hydrogens is 465 g/mol. The van der Waals surface area contributed by atoms with Crippen LogP contribution in [-0.2, 0) is 6.42 Å². The van der Waals surface area contributed by atoms with E-state index in [1.165, 1.54) is 36.8 Å². The van der Waals surface area contributed by atoms with Crippen LogP contribution in [0.1, 0.15) is 49.8 Å². The van der Waals surface area contributed by atoms with Crippen molar-refractivity contribution in [2.75, 3.05) is 0 Å². The van der Waals surface area contributed by atoms with E-state index in [1.54, 1.807) is 6.07 Å². The minimum absolute atomic E-state index is 0.122. The molecule has 2 aliphatic rings. The molecule has 4 nitrogen and oxygen atoms in total. The maximum absolute atomic E-state index is 13.5. The summed E-state index contributed by atoms with van der Waals surface area (Å²) in [6.07, 6.45) is 15.9. The Morgan fingerprint density at radius 3 is 2.59 bits per heavy atom. The Bertz CT molecular complexity index is 1360. The Balaban J connectivity index is 1.56. The fourth-order valence-electron chi connectivity index (χ4n) is 4.93. The number of benzene rings is 2. The van der Waals surface area contributed by atoms with Crippen molar-refractivity contribution in [3.63, 3.8) is 0 Å². The van der Waals surface area contributed by atoms with Crippen LogP contribution < -0.4 is 10.9 Å². The highest BCUT2D eigenvalue weighted by molar-refractivity contribution is 6.42. The van der Waals surface area contributed by atoms with Gasteiger partial charge in [-0.05, 0) is 54.3 Å². The average molecular weight is 492 g/mol. The van der Waals surface area contributed by atoms with E-state index in [0.29, 0.717) is 27.8 Å². The topological polar surface area (TPSA) is 46.9 Å². The zero-order chi connectivity index (χ0) is 23.5.